The third-order valence-corrected chi connectivity index (χ3v) is 3.41. The van der Waals surface area contributed by atoms with Crippen molar-refractivity contribution in [3.8, 4) is 0 Å². The number of hydrazone groups is 1. The molecule has 0 spiro atoms. The summed E-state index contributed by atoms with van der Waals surface area (Å²) < 4.78 is 0. The van der Waals surface area contributed by atoms with Gasteiger partial charge in [0.25, 0.3) is 5.91 Å². The fraction of sp³-hybridized carbons (Fsp3) is 0.222. The number of hydrogen-bond acceptors (Lipinski definition) is 3. The van der Waals surface area contributed by atoms with Gasteiger partial charge in [-0.2, -0.15) is 5.10 Å². The summed E-state index contributed by atoms with van der Waals surface area (Å²) in [4.78, 5) is 14.1. The van der Waals surface area contributed by atoms with Crippen molar-refractivity contribution in [1.82, 2.24) is 5.43 Å². The van der Waals surface area contributed by atoms with Gasteiger partial charge in [-0.25, -0.2) is 5.43 Å². The van der Waals surface area contributed by atoms with E-state index in [1.807, 2.05) is 69.2 Å². The van der Waals surface area contributed by atoms with Crippen LogP contribution in [0.25, 0.3) is 0 Å². The van der Waals surface area contributed by atoms with Crippen LogP contribution >= 0.6 is 0 Å². The van der Waals surface area contributed by atoms with Crippen molar-refractivity contribution in [2.45, 2.75) is 13.8 Å². The highest BCUT2D eigenvalue weighted by Crippen LogP contribution is 2.12. The Kier molecular flexibility index (Phi) is 4.94. The molecule has 0 aliphatic heterocycles. The molecule has 0 fully saturated rings. The van der Waals surface area contributed by atoms with E-state index < -0.39 is 0 Å². The molecule has 0 radical (unpaired) electrons. The molecule has 0 atom stereocenters. The van der Waals surface area contributed by atoms with Gasteiger partial charge < -0.3 is 4.90 Å². The van der Waals surface area contributed by atoms with Gasteiger partial charge in [0.2, 0.25) is 0 Å². The second-order valence-corrected chi connectivity index (χ2v) is 5.45. The van der Waals surface area contributed by atoms with E-state index in [0.29, 0.717) is 5.56 Å². The first kappa shape index (κ1) is 15.8. The number of carbonyl (C=O) groups is 1. The van der Waals surface area contributed by atoms with Crippen molar-refractivity contribution in [3.63, 3.8) is 0 Å². The summed E-state index contributed by atoms with van der Waals surface area (Å²) in [6, 6.07) is 15.4. The van der Waals surface area contributed by atoms with E-state index in [4.69, 9.17) is 0 Å². The van der Waals surface area contributed by atoms with Gasteiger partial charge >= 0.3 is 0 Å². The molecule has 4 heteroatoms. The van der Waals surface area contributed by atoms with Gasteiger partial charge in [0.05, 0.1) is 5.71 Å². The molecule has 0 saturated heterocycles. The van der Waals surface area contributed by atoms with Crippen molar-refractivity contribution in [1.29, 1.82) is 0 Å². The van der Waals surface area contributed by atoms with Crippen LogP contribution in [0.2, 0.25) is 0 Å². The lowest BCUT2D eigenvalue weighted by Gasteiger charge is -2.12. The monoisotopic (exact) mass is 295 g/mol. The van der Waals surface area contributed by atoms with Crippen LogP contribution in [0.4, 0.5) is 5.69 Å². The number of nitrogens with one attached hydrogen (secondary N) is 1. The van der Waals surface area contributed by atoms with Crippen molar-refractivity contribution in [3.05, 3.63) is 65.2 Å². The minimum absolute atomic E-state index is 0.211. The fourth-order valence-corrected chi connectivity index (χ4v) is 2.04. The number of hydrogen-bond donors (Lipinski definition) is 1. The predicted molar refractivity (Wildman–Crippen MR) is 91.6 cm³/mol. The maximum atomic E-state index is 12.1. The van der Waals surface area contributed by atoms with E-state index >= 15 is 0 Å². The van der Waals surface area contributed by atoms with Gasteiger partial charge in [0.15, 0.2) is 0 Å². The van der Waals surface area contributed by atoms with Crippen LogP contribution in [0, 0.1) is 6.92 Å². The number of benzene rings is 2. The first-order valence-corrected chi connectivity index (χ1v) is 7.16. The second-order valence-electron chi connectivity index (χ2n) is 5.45. The number of rotatable bonds is 4. The van der Waals surface area contributed by atoms with Crippen LogP contribution in [0.3, 0.4) is 0 Å². The van der Waals surface area contributed by atoms with Crippen LogP contribution in [0.5, 0.6) is 0 Å². The molecule has 4 nitrogen and oxygen atoms in total. The molecular formula is C18H21N3O. The second kappa shape index (κ2) is 6.89. The van der Waals surface area contributed by atoms with E-state index in [-0.39, 0.29) is 5.91 Å². The SMILES string of the molecule is C/C(=N\NC(=O)c1ccc(N(C)C)cc1)c1cccc(C)c1. The maximum Gasteiger partial charge on any atom is 0.271 e. The van der Waals surface area contributed by atoms with E-state index in [1.54, 1.807) is 12.1 Å². The predicted octanol–water partition coefficient (Wildman–Crippen LogP) is 3.22. The zero-order valence-electron chi connectivity index (χ0n) is 13.4. The van der Waals surface area contributed by atoms with Crippen LogP contribution in [0.15, 0.2) is 53.6 Å². The largest absolute Gasteiger partial charge is 0.378 e. The summed E-state index contributed by atoms with van der Waals surface area (Å²) in [7, 11) is 3.93. The topological polar surface area (TPSA) is 44.7 Å². The highest BCUT2D eigenvalue weighted by molar-refractivity contribution is 6.01. The molecule has 1 amide bonds. The third kappa shape index (κ3) is 3.95. The van der Waals surface area contributed by atoms with E-state index in [9.17, 15) is 4.79 Å². The first-order valence-electron chi connectivity index (χ1n) is 7.16. The molecule has 0 aromatic heterocycles. The molecule has 0 heterocycles. The number of aryl methyl sites for hydroxylation is 1. The Balaban J connectivity index is 2.07. The number of nitrogens with zero attached hydrogens (tertiary/aromatic N) is 2. The average molecular weight is 295 g/mol. The van der Waals surface area contributed by atoms with Crippen LogP contribution in [-0.2, 0) is 0 Å². The molecule has 0 aliphatic rings. The lowest BCUT2D eigenvalue weighted by atomic mass is 10.1. The summed E-state index contributed by atoms with van der Waals surface area (Å²) in [5.74, 6) is -0.211. The molecule has 0 bridgehead atoms. The lowest BCUT2D eigenvalue weighted by molar-refractivity contribution is 0.0955. The van der Waals surface area contributed by atoms with Gasteiger partial charge in [0.1, 0.15) is 0 Å². The number of carbonyl (C=O) groups excluding carboxylic acids is 1. The fourth-order valence-electron chi connectivity index (χ4n) is 2.04. The summed E-state index contributed by atoms with van der Waals surface area (Å²) >= 11 is 0. The Morgan fingerprint density at radius 1 is 1.05 bits per heavy atom. The van der Waals surface area contributed by atoms with Crippen LogP contribution in [-0.4, -0.2) is 25.7 Å². The molecule has 2 aromatic rings. The zero-order valence-corrected chi connectivity index (χ0v) is 13.4. The molecule has 0 aliphatic carbocycles. The summed E-state index contributed by atoms with van der Waals surface area (Å²) in [6.45, 7) is 3.91. The Bertz CT molecular complexity index is 688. The highest BCUT2D eigenvalue weighted by Gasteiger charge is 2.05. The Morgan fingerprint density at radius 2 is 1.73 bits per heavy atom. The van der Waals surface area contributed by atoms with Crippen molar-refractivity contribution in [2.75, 3.05) is 19.0 Å². The summed E-state index contributed by atoms with van der Waals surface area (Å²) in [5, 5.41) is 4.18. The maximum absolute atomic E-state index is 12.1. The first-order chi connectivity index (χ1) is 10.5. The normalized spacial score (nSPS) is 11.2. The Labute approximate surface area is 131 Å². The Hall–Kier alpha value is -2.62. The molecule has 1 N–H and O–H groups in total. The highest BCUT2D eigenvalue weighted by atomic mass is 16.2. The minimum atomic E-state index is -0.211. The average Bonchev–Trinajstić information content (AvgIpc) is 2.52. The molecule has 0 saturated carbocycles. The van der Waals surface area contributed by atoms with Crippen molar-refractivity contribution >= 4 is 17.3 Å². The molecule has 2 aromatic carbocycles. The minimum Gasteiger partial charge on any atom is -0.378 e. The quantitative estimate of drug-likeness (QED) is 0.695. The summed E-state index contributed by atoms with van der Waals surface area (Å²) in [5.41, 5.74) is 7.19. The van der Waals surface area contributed by atoms with Crippen LogP contribution < -0.4 is 10.3 Å². The zero-order chi connectivity index (χ0) is 16.1. The van der Waals surface area contributed by atoms with Gasteiger partial charge in [0, 0.05) is 25.3 Å². The summed E-state index contributed by atoms with van der Waals surface area (Å²) in [6.07, 6.45) is 0. The molecule has 0 unspecified atom stereocenters. The molecule has 2 rings (SSSR count). The standard InChI is InChI=1S/C18H21N3O/c1-13-6-5-7-16(12-13)14(2)19-20-18(22)15-8-10-17(11-9-15)21(3)4/h5-12H,1-4H3,(H,20,22)/b19-14+. The smallest absolute Gasteiger partial charge is 0.271 e. The van der Waals surface area contributed by atoms with Crippen molar-refractivity contribution in [2.24, 2.45) is 5.10 Å². The Morgan fingerprint density at radius 3 is 2.32 bits per heavy atom. The number of amides is 1. The van der Waals surface area contributed by atoms with Gasteiger partial charge in [-0.15, -0.1) is 0 Å². The number of anilines is 1. The van der Waals surface area contributed by atoms with Gasteiger partial charge in [-0.05, 0) is 43.7 Å². The molecular weight excluding hydrogens is 274 g/mol. The third-order valence-electron chi connectivity index (χ3n) is 3.41. The van der Waals surface area contributed by atoms with E-state index in [0.717, 1.165) is 22.5 Å². The van der Waals surface area contributed by atoms with E-state index in [2.05, 4.69) is 10.5 Å². The molecule has 22 heavy (non-hydrogen) atoms. The van der Waals surface area contributed by atoms with Gasteiger partial charge in [-0.3, -0.25) is 4.79 Å². The van der Waals surface area contributed by atoms with Gasteiger partial charge in [-0.1, -0.05) is 29.8 Å². The molecule has 114 valence electrons. The van der Waals surface area contributed by atoms with Crippen LogP contribution in [0.1, 0.15) is 28.4 Å². The van der Waals surface area contributed by atoms with Crippen molar-refractivity contribution < 1.29 is 4.79 Å². The van der Waals surface area contributed by atoms with E-state index in [1.165, 1.54) is 0 Å². The lowest BCUT2D eigenvalue weighted by Crippen LogP contribution is -2.19.